The summed E-state index contributed by atoms with van der Waals surface area (Å²) in [7, 11) is -4.03. The van der Waals surface area contributed by atoms with Crippen LogP contribution in [0.1, 0.15) is 0 Å². The first-order valence-corrected chi connectivity index (χ1v) is 8.34. The highest BCUT2D eigenvalue weighted by Crippen LogP contribution is 2.24. The molecule has 0 radical (unpaired) electrons. The third-order valence-corrected chi connectivity index (χ3v) is 5.80. The molecule has 2 rings (SSSR count). The topological polar surface area (TPSA) is 59.1 Å². The minimum atomic E-state index is -4.03. The van der Waals surface area contributed by atoms with E-state index in [1.165, 1.54) is 12.3 Å². The molecule has 1 aromatic heterocycles. The van der Waals surface area contributed by atoms with Crippen LogP contribution in [-0.4, -0.2) is 13.4 Å². The van der Waals surface area contributed by atoms with Crippen molar-refractivity contribution in [2.75, 3.05) is 4.72 Å². The van der Waals surface area contributed by atoms with E-state index in [2.05, 4.69) is 48.2 Å². The van der Waals surface area contributed by atoms with Gasteiger partial charge in [-0.05, 0) is 68.9 Å². The molecule has 0 aliphatic carbocycles. The van der Waals surface area contributed by atoms with Gasteiger partial charge >= 0.3 is 0 Å². The first-order valence-electron chi connectivity index (χ1n) is 4.98. The molecule has 0 atom stereocenters. The van der Waals surface area contributed by atoms with Crippen LogP contribution in [0.2, 0.25) is 0 Å². The lowest BCUT2D eigenvalue weighted by Crippen LogP contribution is -2.16. The number of sulfonamides is 1. The van der Waals surface area contributed by atoms with Crippen molar-refractivity contribution in [3.05, 3.63) is 50.4 Å². The molecule has 0 spiro atoms. The van der Waals surface area contributed by atoms with Gasteiger partial charge in [0.05, 0.1) is 5.69 Å². The fourth-order valence-electron chi connectivity index (χ4n) is 1.33. The molecule has 1 heterocycles. The van der Waals surface area contributed by atoms with E-state index in [-0.39, 0.29) is 0 Å². The van der Waals surface area contributed by atoms with Crippen LogP contribution in [0.3, 0.4) is 0 Å². The number of rotatable bonds is 3. The van der Waals surface area contributed by atoms with Gasteiger partial charge in [0.25, 0.3) is 10.0 Å². The number of benzene rings is 1. The number of pyridine rings is 1. The Labute approximate surface area is 131 Å². The minimum absolute atomic E-state index is 0.331. The maximum absolute atomic E-state index is 13.4. The molecule has 0 bridgehead atoms. The molecule has 0 aliphatic rings. The lowest BCUT2D eigenvalue weighted by molar-refractivity contribution is 0.557. The third kappa shape index (κ3) is 3.42. The predicted octanol–water partition coefficient (Wildman–Crippen LogP) is 3.39. The molecule has 0 fully saturated rings. The van der Waals surface area contributed by atoms with E-state index in [1.807, 2.05) is 0 Å². The Kier molecular flexibility index (Phi) is 4.41. The second-order valence-electron chi connectivity index (χ2n) is 3.52. The number of halogens is 3. The van der Waals surface area contributed by atoms with Crippen molar-refractivity contribution in [2.24, 2.45) is 0 Å². The highest BCUT2D eigenvalue weighted by atomic mass is 127. The summed E-state index contributed by atoms with van der Waals surface area (Å²) in [5.74, 6) is -0.889. The molecule has 0 amide bonds. The second kappa shape index (κ2) is 5.71. The van der Waals surface area contributed by atoms with Gasteiger partial charge in [0.15, 0.2) is 5.82 Å². The molecule has 0 saturated heterocycles. The van der Waals surface area contributed by atoms with Crippen molar-refractivity contribution in [2.45, 2.75) is 5.03 Å². The summed E-state index contributed by atoms with van der Waals surface area (Å²) in [5.41, 5.74) is 0.331. The van der Waals surface area contributed by atoms with Crippen molar-refractivity contribution >= 4 is 54.2 Å². The summed E-state index contributed by atoms with van der Waals surface area (Å²) in [6, 6.07) is 7.30. The molecule has 19 heavy (non-hydrogen) atoms. The Morgan fingerprint density at radius 1 is 1.32 bits per heavy atom. The van der Waals surface area contributed by atoms with Crippen LogP contribution in [0, 0.1) is 9.39 Å². The number of hydrogen-bond donors (Lipinski definition) is 1. The number of hydrogen-bond acceptors (Lipinski definition) is 3. The molecule has 2 aromatic rings. The first-order chi connectivity index (χ1) is 8.90. The summed E-state index contributed by atoms with van der Waals surface area (Å²) in [4.78, 5) is 3.55. The van der Waals surface area contributed by atoms with Gasteiger partial charge in [0.1, 0.15) is 0 Å². The molecule has 0 unspecified atom stereocenters. The fourth-order valence-corrected chi connectivity index (χ4v) is 3.10. The van der Waals surface area contributed by atoms with E-state index in [1.54, 1.807) is 18.2 Å². The third-order valence-electron chi connectivity index (χ3n) is 2.15. The molecule has 4 nitrogen and oxygen atoms in total. The van der Waals surface area contributed by atoms with Crippen LogP contribution >= 0.6 is 38.5 Å². The number of aromatic nitrogens is 1. The summed E-state index contributed by atoms with van der Waals surface area (Å²) in [6.45, 7) is 0. The predicted molar refractivity (Wildman–Crippen MR) is 81.9 cm³/mol. The van der Waals surface area contributed by atoms with Gasteiger partial charge in [0, 0.05) is 14.2 Å². The van der Waals surface area contributed by atoms with Crippen molar-refractivity contribution in [1.82, 2.24) is 4.98 Å². The molecule has 1 aromatic carbocycles. The molecular weight excluding hydrogens is 450 g/mol. The van der Waals surface area contributed by atoms with Gasteiger partial charge in [-0.2, -0.15) is 8.42 Å². The molecule has 100 valence electrons. The number of nitrogens with zero attached hydrogens (tertiary/aromatic N) is 1. The average Bonchev–Trinajstić information content (AvgIpc) is 2.34. The van der Waals surface area contributed by atoms with Crippen molar-refractivity contribution in [3.8, 4) is 0 Å². The minimum Gasteiger partial charge on any atom is -0.278 e. The monoisotopic (exact) mass is 456 g/mol. The zero-order valence-corrected chi connectivity index (χ0v) is 13.8. The Hall–Kier alpha value is -0.740. The van der Waals surface area contributed by atoms with Crippen LogP contribution in [0.4, 0.5) is 10.1 Å². The average molecular weight is 457 g/mol. The smallest absolute Gasteiger partial charge is 0.278 e. The van der Waals surface area contributed by atoms with Gasteiger partial charge in [0.2, 0.25) is 5.03 Å². The van der Waals surface area contributed by atoms with E-state index in [4.69, 9.17) is 0 Å². The van der Waals surface area contributed by atoms with Crippen LogP contribution in [0.15, 0.2) is 46.0 Å². The van der Waals surface area contributed by atoms with Crippen molar-refractivity contribution in [3.63, 3.8) is 0 Å². The highest BCUT2D eigenvalue weighted by molar-refractivity contribution is 14.1. The first kappa shape index (κ1) is 14.7. The van der Waals surface area contributed by atoms with E-state index < -0.39 is 20.9 Å². The molecule has 0 aliphatic heterocycles. The Morgan fingerprint density at radius 2 is 2.05 bits per heavy atom. The van der Waals surface area contributed by atoms with Crippen LogP contribution in [-0.2, 0) is 10.0 Å². The molecule has 8 heteroatoms. The van der Waals surface area contributed by atoms with Gasteiger partial charge in [-0.25, -0.2) is 9.37 Å². The van der Waals surface area contributed by atoms with Crippen molar-refractivity contribution < 1.29 is 12.8 Å². The summed E-state index contributed by atoms with van der Waals surface area (Å²) in [5, 5.41) is -0.621. The Bertz CT molecular complexity index is 724. The zero-order chi connectivity index (χ0) is 14.0. The number of nitrogens with one attached hydrogen (secondary N) is 1. The largest absolute Gasteiger partial charge is 0.282 e. The summed E-state index contributed by atoms with van der Waals surface area (Å²) < 4.78 is 41.4. The van der Waals surface area contributed by atoms with E-state index >= 15 is 0 Å². The van der Waals surface area contributed by atoms with E-state index in [0.717, 1.165) is 14.1 Å². The van der Waals surface area contributed by atoms with Crippen LogP contribution in [0.25, 0.3) is 0 Å². The lowest BCUT2D eigenvalue weighted by Gasteiger charge is -2.08. The second-order valence-corrected chi connectivity index (χ2v) is 7.14. The van der Waals surface area contributed by atoms with Crippen LogP contribution in [0.5, 0.6) is 0 Å². The summed E-state index contributed by atoms with van der Waals surface area (Å²) in [6.07, 6.45) is 1.22. The Morgan fingerprint density at radius 3 is 2.68 bits per heavy atom. The quantitative estimate of drug-likeness (QED) is 0.720. The highest BCUT2D eigenvalue weighted by Gasteiger charge is 2.20. The van der Waals surface area contributed by atoms with Crippen LogP contribution < -0.4 is 4.72 Å². The molecular formula is C11H7BrFIN2O2S. The fraction of sp³-hybridized carbons (Fsp3) is 0. The van der Waals surface area contributed by atoms with Gasteiger partial charge < -0.3 is 0 Å². The van der Waals surface area contributed by atoms with E-state index in [9.17, 15) is 12.8 Å². The van der Waals surface area contributed by atoms with Gasteiger partial charge in [-0.3, -0.25) is 4.72 Å². The summed E-state index contributed by atoms with van der Waals surface area (Å²) >= 11 is 5.39. The lowest BCUT2D eigenvalue weighted by atomic mass is 10.3. The van der Waals surface area contributed by atoms with Gasteiger partial charge in [-0.15, -0.1) is 0 Å². The SMILES string of the molecule is O=S(=O)(Nc1ccc(I)c(Br)c1)c1ncccc1F. The Balaban J connectivity index is 2.37. The standard InChI is InChI=1S/C11H7BrFIN2O2S/c12-8-6-7(3-4-10(8)14)16-19(17,18)11-9(13)2-1-5-15-11/h1-6,16H. The van der Waals surface area contributed by atoms with Gasteiger partial charge in [-0.1, -0.05) is 0 Å². The maximum atomic E-state index is 13.4. The van der Waals surface area contributed by atoms with Crippen molar-refractivity contribution in [1.29, 1.82) is 0 Å². The molecule has 1 N–H and O–H groups in total. The normalized spacial score (nSPS) is 11.3. The molecule has 0 saturated carbocycles. The van der Waals surface area contributed by atoms with E-state index in [0.29, 0.717) is 5.69 Å². The number of anilines is 1. The zero-order valence-electron chi connectivity index (χ0n) is 9.27. The maximum Gasteiger partial charge on any atom is 0.282 e.